The van der Waals surface area contributed by atoms with Crippen LogP contribution in [-0.4, -0.2) is 15.7 Å². The Bertz CT molecular complexity index is 790. The standard InChI is InChI=1S/C19H21N3OS/c1-14-5-7-15(8-6-14)19(17-4-3-13-24-17)21-18(23)10-9-16-11-12-20-22(16)2/h3-8,11-13,19H,9-10H2,1-2H3,(H,21,23)/t19-/m0/s1. The summed E-state index contributed by atoms with van der Waals surface area (Å²) in [6.07, 6.45) is 2.90. The van der Waals surface area contributed by atoms with E-state index in [-0.39, 0.29) is 11.9 Å². The number of aryl methyl sites for hydroxylation is 3. The third kappa shape index (κ3) is 3.92. The molecule has 1 aromatic carbocycles. The van der Waals surface area contributed by atoms with Crippen LogP contribution in [0.25, 0.3) is 0 Å². The van der Waals surface area contributed by atoms with Crippen LogP contribution < -0.4 is 5.32 Å². The van der Waals surface area contributed by atoms with Crippen LogP contribution in [-0.2, 0) is 18.3 Å². The molecule has 2 heterocycles. The molecule has 5 heteroatoms. The number of hydrogen-bond donors (Lipinski definition) is 1. The van der Waals surface area contributed by atoms with Gasteiger partial charge in [-0.3, -0.25) is 9.48 Å². The van der Waals surface area contributed by atoms with E-state index in [1.807, 2.05) is 29.2 Å². The molecule has 1 amide bonds. The maximum Gasteiger partial charge on any atom is 0.221 e. The van der Waals surface area contributed by atoms with Crippen molar-refractivity contribution in [3.05, 3.63) is 75.7 Å². The molecule has 2 aromatic heterocycles. The topological polar surface area (TPSA) is 46.9 Å². The molecule has 0 aliphatic carbocycles. The lowest BCUT2D eigenvalue weighted by molar-refractivity contribution is -0.121. The van der Waals surface area contributed by atoms with Crippen LogP contribution >= 0.6 is 11.3 Å². The van der Waals surface area contributed by atoms with E-state index in [0.29, 0.717) is 12.8 Å². The second-order valence-corrected chi connectivity index (χ2v) is 6.85. The highest BCUT2D eigenvalue weighted by atomic mass is 32.1. The van der Waals surface area contributed by atoms with Gasteiger partial charge in [0.1, 0.15) is 0 Å². The zero-order valence-corrected chi connectivity index (χ0v) is 14.7. The van der Waals surface area contributed by atoms with Crippen LogP contribution in [0.4, 0.5) is 0 Å². The van der Waals surface area contributed by atoms with Crippen molar-refractivity contribution in [1.29, 1.82) is 0 Å². The van der Waals surface area contributed by atoms with Gasteiger partial charge < -0.3 is 5.32 Å². The highest BCUT2D eigenvalue weighted by Crippen LogP contribution is 2.26. The maximum absolute atomic E-state index is 12.5. The highest BCUT2D eigenvalue weighted by Gasteiger charge is 2.18. The van der Waals surface area contributed by atoms with Crippen molar-refractivity contribution in [2.24, 2.45) is 7.05 Å². The summed E-state index contributed by atoms with van der Waals surface area (Å²) in [5.41, 5.74) is 3.39. The number of nitrogens with one attached hydrogen (secondary N) is 1. The quantitative estimate of drug-likeness (QED) is 0.745. The molecule has 3 rings (SSSR count). The smallest absolute Gasteiger partial charge is 0.221 e. The average Bonchev–Trinajstić information content (AvgIpc) is 3.23. The van der Waals surface area contributed by atoms with E-state index in [0.717, 1.165) is 16.1 Å². The summed E-state index contributed by atoms with van der Waals surface area (Å²) in [6, 6.07) is 14.3. The van der Waals surface area contributed by atoms with E-state index >= 15 is 0 Å². The van der Waals surface area contributed by atoms with Gasteiger partial charge in [-0.1, -0.05) is 35.9 Å². The maximum atomic E-state index is 12.5. The monoisotopic (exact) mass is 339 g/mol. The summed E-state index contributed by atoms with van der Waals surface area (Å²) in [7, 11) is 1.90. The summed E-state index contributed by atoms with van der Waals surface area (Å²) in [5.74, 6) is 0.0511. The first-order valence-electron chi connectivity index (χ1n) is 7.99. The molecule has 0 aliphatic heterocycles. The van der Waals surface area contributed by atoms with Crippen molar-refractivity contribution in [3.63, 3.8) is 0 Å². The minimum atomic E-state index is -0.0929. The van der Waals surface area contributed by atoms with E-state index in [9.17, 15) is 4.79 Å². The minimum absolute atomic E-state index is 0.0511. The van der Waals surface area contributed by atoms with Gasteiger partial charge in [-0.2, -0.15) is 5.10 Å². The first-order chi connectivity index (χ1) is 11.6. The van der Waals surface area contributed by atoms with Crippen LogP contribution in [0.5, 0.6) is 0 Å². The molecule has 3 aromatic rings. The molecule has 0 unspecified atom stereocenters. The largest absolute Gasteiger partial charge is 0.344 e. The van der Waals surface area contributed by atoms with Crippen LogP contribution in [0.15, 0.2) is 54.0 Å². The fourth-order valence-electron chi connectivity index (χ4n) is 2.65. The first-order valence-corrected chi connectivity index (χ1v) is 8.87. The van der Waals surface area contributed by atoms with Gasteiger partial charge in [0.05, 0.1) is 6.04 Å². The Morgan fingerprint density at radius 3 is 2.67 bits per heavy atom. The molecule has 0 aliphatic rings. The SMILES string of the molecule is Cc1ccc([C@H](NC(=O)CCc2ccnn2C)c2cccs2)cc1. The van der Waals surface area contributed by atoms with E-state index in [1.54, 1.807) is 17.5 Å². The molecule has 4 nitrogen and oxygen atoms in total. The van der Waals surface area contributed by atoms with Crippen molar-refractivity contribution in [2.75, 3.05) is 0 Å². The summed E-state index contributed by atoms with van der Waals surface area (Å²) < 4.78 is 1.81. The lowest BCUT2D eigenvalue weighted by Gasteiger charge is -2.18. The minimum Gasteiger partial charge on any atom is -0.344 e. The molecule has 1 N–H and O–H groups in total. The van der Waals surface area contributed by atoms with Gasteiger partial charge in [0.25, 0.3) is 0 Å². The van der Waals surface area contributed by atoms with E-state index < -0.39 is 0 Å². The summed E-state index contributed by atoms with van der Waals surface area (Å²) in [4.78, 5) is 13.6. The number of rotatable bonds is 6. The molecule has 0 radical (unpaired) electrons. The third-order valence-corrected chi connectivity index (χ3v) is 5.01. The first kappa shape index (κ1) is 16.5. The molecular weight excluding hydrogens is 318 g/mol. The second kappa shape index (κ2) is 7.45. The van der Waals surface area contributed by atoms with E-state index in [2.05, 4.69) is 47.7 Å². The lowest BCUT2D eigenvalue weighted by Crippen LogP contribution is -2.29. The van der Waals surface area contributed by atoms with Crippen LogP contribution in [0.1, 0.15) is 34.2 Å². The number of hydrogen-bond acceptors (Lipinski definition) is 3. The van der Waals surface area contributed by atoms with Crippen LogP contribution in [0.3, 0.4) is 0 Å². The number of benzene rings is 1. The second-order valence-electron chi connectivity index (χ2n) is 5.87. The zero-order valence-electron chi connectivity index (χ0n) is 13.9. The Hall–Kier alpha value is -2.40. The number of thiophene rings is 1. The van der Waals surface area contributed by atoms with Crippen LogP contribution in [0, 0.1) is 6.92 Å². The summed E-state index contributed by atoms with van der Waals surface area (Å²) in [5, 5.41) is 9.36. The molecule has 1 atom stereocenters. The highest BCUT2D eigenvalue weighted by molar-refractivity contribution is 7.10. The molecule has 24 heavy (non-hydrogen) atoms. The predicted molar refractivity (Wildman–Crippen MR) is 97.0 cm³/mol. The van der Waals surface area contributed by atoms with Gasteiger partial charge in [0.15, 0.2) is 0 Å². The summed E-state index contributed by atoms with van der Waals surface area (Å²) in [6.45, 7) is 2.07. The molecule has 0 saturated heterocycles. The number of carbonyl (C=O) groups excluding carboxylic acids is 1. The van der Waals surface area contributed by atoms with Gasteiger partial charge in [-0.15, -0.1) is 11.3 Å². The molecule has 0 saturated carbocycles. The molecular formula is C19H21N3OS. The fraction of sp³-hybridized carbons (Fsp3) is 0.263. The molecule has 0 bridgehead atoms. The Labute approximate surface area is 146 Å². The average molecular weight is 339 g/mol. The number of nitrogens with zero attached hydrogens (tertiary/aromatic N) is 2. The Kier molecular flexibility index (Phi) is 5.11. The molecule has 124 valence electrons. The van der Waals surface area contributed by atoms with Crippen molar-refractivity contribution in [2.45, 2.75) is 25.8 Å². The number of amides is 1. The Balaban J connectivity index is 1.71. The molecule has 0 fully saturated rings. The van der Waals surface area contributed by atoms with E-state index in [1.165, 1.54) is 5.56 Å². The normalized spacial score (nSPS) is 12.1. The van der Waals surface area contributed by atoms with Crippen molar-refractivity contribution < 1.29 is 4.79 Å². The van der Waals surface area contributed by atoms with Crippen molar-refractivity contribution in [1.82, 2.24) is 15.1 Å². The third-order valence-electron chi connectivity index (χ3n) is 4.07. The fourth-order valence-corrected chi connectivity index (χ4v) is 3.46. The Morgan fingerprint density at radius 2 is 2.04 bits per heavy atom. The van der Waals surface area contributed by atoms with Gasteiger partial charge >= 0.3 is 0 Å². The van der Waals surface area contributed by atoms with Gasteiger partial charge in [0, 0.05) is 30.2 Å². The van der Waals surface area contributed by atoms with Crippen molar-refractivity contribution in [3.8, 4) is 0 Å². The van der Waals surface area contributed by atoms with Gasteiger partial charge in [-0.25, -0.2) is 0 Å². The van der Waals surface area contributed by atoms with Crippen molar-refractivity contribution >= 4 is 17.2 Å². The Morgan fingerprint density at radius 1 is 1.25 bits per heavy atom. The van der Waals surface area contributed by atoms with Gasteiger partial charge in [0.2, 0.25) is 5.91 Å². The number of carbonyl (C=O) groups is 1. The van der Waals surface area contributed by atoms with Gasteiger partial charge in [-0.05, 0) is 36.4 Å². The lowest BCUT2D eigenvalue weighted by atomic mass is 10.0. The molecule has 0 spiro atoms. The summed E-state index contributed by atoms with van der Waals surface area (Å²) >= 11 is 1.66. The van der Waals surface area contributed by atoms with E-state index in [4.69, 9.17) is 0 Å². The predicted octanol–water partition coefficient (Wildman–Crippen LogP) is 3.63. The zero-order chi connectivity index (χ0) is 16.9. The van der Waals surface area contributed by atoms with Crippen LogP contribution in [0.2, 0.25) is 0 Å². The number of aromatic nitrogens is 2.